The average Bonchev–Trinajstić information content (AvgIpc) is 2.71. The summed E-state index contributed by atoms with van der Waals surface area (Å²) >= 11 is 3.59. The molecule has 108 valence electrons. The van der Waals surface area contributed by atoms with Crippen molar-refractivity contribution in [2.24, 2.45) is 12.8 Å². The van der Waals surface area contributed by atoms with E-state index in [0.29, 0.717) is 6.61 Å². The number of hydrogen-bond donors (Lipinski definition) is 1. The third-order valence-corrected chi connectivity index (χ3v) is 4.18. The molecule has 1 heterocycles. The topological polar surface area (TPSA) is 53.1 Å². The van der Waals surface area contributed by atoms with Crippen LogP contribution in [0.15, 0.2) is 28.7 Å². The number of aromatic nitrogens is 2. The molecule has 1 atom stereocenters. The average molecular weight is 338 g/mol. The first-order chi connectivity index (χ1) is 9.52. The molecule has 2 rings (SSSR count). The summed E-state index contributed by atoms with van der Waals surface area (Å²) < 4.78 is 8.75. The van der Waals surface area contributed by atoms with E-state index < -0.39 is 0 Å². The van der Waals surface area contributed by atoms with Crippen LogP contribution in [0.3, 0.4) is 0 Å². The van der Waals surface area contributed by atoms with Crippen molar-refractivity contribution in [3.63, 3.8) is 0 Å². The zero-order chi connectivity index (χ0) is 14.7. The zero-order valence-corrected chi connectivity index (χ0v) is 13.6. The highest BCUT2D eigenvalue weighted by atomic mass is 79.9. The van der Waals surface area contributed by atoms with Crippen molar-refractivity contribution in [3.8, 4) is 5.75 Å². The predicted octanol–water partition coefficient (Wildman–Crippen LogP) is 3.34. The van der Waals surface area contributed by atoms with Crippen molar-refractivity contribution in [2.45, 2.75) is 32.9 Å². The third kappa shape index (κ3) is 3.22. The molecule has 5 heteroatoms. The molecular formula is C15H20BrN3O. The highest BCUT2D eigenvalue weighted by Crippen LogP contribution is 2.24. The van der Waals surface area contributed by atoms with Crippen molar-refractivity contribution in [2.75, 3.05) is 0 Å². The Kier molecular flexibility index (Phi) is 4.83. The number of halogens is 1. The molecule has 1 aromatic carbocycles. The number of rotatable bonds is 5. The number of nitrogens with zero attached hydrogens (tertiary/aromatic N) is 2. The van der Waals surface area contributed by atoms with Gasteiger partial charge in [-0.1, -0.05) is 19.1 Å². The van der Waals surface area contributed by atoms with Gasteiger partial charge >= 0.3 is 0 Å². The van der Waals surface area contributed by atoms with Gasteiger partial charge in [-0.05, 0) is 47.0 Å². The maximum absolute atomic E-state index is 5.88. The molecule has 1 aromatic heterocycles. The lowest BCUT2D eigenvalue weighted by Gasteiger charge is -2.10. The van der Waals surface area contributed by atoms with Gasteiger partial charge in [-0.15, -0.1) is 0 Å². The number of benzene rings is 1. The van der Waals surface area contributed by atoms with E-state index in [9.17, 15) is 0 Å². The van der Waals surface area contributed by atoms with E-state index in [0.717, 1.165) is 33.6 Å². The summed E-state index contributed by atoms with van der Waals surface area (Å²) in [7, 11) is 1.93. The summed E-state index contributed by atoms with van der Waals surface area (Å²) in [6.45, 7) is 4.53. The van der Waals surface area contributed by atoms with E-state index in [1.807, 2.05) is 42.9 Å². The number of hydrogen-bond acceptors (Lipinski definition) is 3. The highest BCUT2D eigenvalue weighted by Gasteiger charge is 2.13. The first-order valence-corrected chi connectivity index (χ1v) is 7.50. The molecule has 20 heavy (non-hydrogen) atoms. The van der Waals surface area contributed by atoms with Gasteiger partial charge in [0.2, 0.25) is 0 Å². The Morgan fingerprint density at radius 2 is 2.20 bits per heavy atom. The molecule has 0 spiro atoms. The summed E-state index contributed by atoms with van der Waals surface area (Å²) in [6, 6.07) is 7.90. The van der Waals surface area contributed by atoms with Crippen molar-refractivity contribution in [1.29, 1.82) is 0 Å². The summed E-state index contributed by atoms with van der Waals surface area (Å²) in [5.74, 6) is 0.825. The summed E-state index contributed by atoms with van der Waals surface area (Å²) in [6.07, 6.45) is 0.897. The molecule has 0 saturated carbocycles. The molecule has 2 N–H and O–H groups in total. The molecule has 0 bridgehead atoms. The second-order valence-electron chi connectivity index (χ2n) is 4.83. The normalized spacial score (nSPS) is 12.4. The van der Waals surface area contributed by atoms with Gasteiger partial charge in [0.05, 0.1) is 15.9 Å². The monoisotopic (exact) mass is 337 g/mol. The van der Waals surface area contributed by atoms with Crippen LogP contribution < -0.4 is 10.5 Å². The van der Waals surface area contributed by atoms with Crippen molar-refractivity contribution < 1.29 is 4.74 Å². The van der Waals surface area contributed by atoms with E-state index in [1.165, 1.54) is 0 Å². The van der Waals surface area contributed by atoms with Gasteiger partial charge in [0, 0.05) is 13.1 Å². The fourth-order valence-electron chi connectivity index (χ4n) is 2.02. The Balaban J connectivity index is 2.13. The second-order valence-corrected chi connectivity index (χ2v) is 5.63. The van der Waals surface area contributed by atoms with Crippen LogP contribution in [0.1, 0.15) is 36.8 Å². The van der Waals surface area contributed by atoms with E-state index in [4.69, 9.17) is 10.5 Å². The molecule has 0 aliphatic rings. The highest BCUT2D eigenvalue weighted by molar-refractivity contribution is 9.10. The van der Waals surface area contributed by atoms with Crippen LogP contribution in [0.4, 0.5) is 0 Å². The molecule has 0 fully saturated rings. The van der Waals surface area contributed by atoms with Gasteiger partial charge in [0.1, 0.15) is 12.4 Å². The first kappa shape index (κ1) is 15.1. The van der Waals surface area contributed by atoms with E-state index in [-0.39, 0.29) is 6.04 Å². The van der Waals surface area contributed by atoms with Crippen LogP contribution in [-0.2, 0) is 20.1 Å². The van der Waals surface area contributed by atoms with Crippen LogP contribution in [0.2, 0.25) is 0 Å². The molecule has 2 aromatic rings. The minimum atomic E-state index is 0.00804. The molecule has 0 aliphatic heterocycles. The molecule has 0 radical (unpaired) electrons. The summed E-state index contributed by atoms with van der Waals surface area (Å²) in [5, 5.41) is 4.46. The van der Waals surface area contributed by atoms with Crippen LogP contribution in [0.25, 0.3) is 0 Å². The third-order valence-electron chi connectivity index (χ3n) is 3.26. The van der Waals surface area contributed by atoms with Gasteiger partial charge < -0.3 is 10.5 Å². The van der Waals surface area contributed by atoms with Crippen LogP contribution in [-0.4, -0.2) is 9.78 Å². The number of nitrogens with two attached hydrogens (primary N) is 1. The van der Waals surface area contributed by atoms with Gasteiger partial charge in [-0.25, -0.2) is 0 Å². The molecule has 0 aliphatic carbocycles. The molecule has 4 nitrogen and oxygen atoms in total. The fraction of sp³-hybridized carbons (Fsp3) is 0.400. The van der Waals surface area contributed by atoms with Gasteiger partial charge in [-0.2, -0.15) is 5.10 Å². The zero-order valence-electron chi connectivity index (χ0n) is 12.1. The predicted molar refractivity (Wildman–Crippen MR) is 83.7 cm³/mol. The lowest BCUT2D eigenvalue weighted by Crippen LogP contribution is -2.06. The maximum Gasteiger partial charge on any atom is 0.131 e. The van der Waals surface area contributed by atoms with E-state index in [1.54, 1.807) is 0 Å². The molecular weight excluding hydrogens is 318 g/mol. The molecule has 0 unspecified atom stereocenters. The SMILES string of the molecule is CCc1nn(C)c(COc2cccc([C@H](C)N)c2)c1Br. The van der Waals surface area contributed by atoms with Crippen LogP contribution in [0.5, 0.6) is 5.75 Å². The number of ether oxygens (including phenoxy) is 1. The Morgan fingerprint density at radius 3 is 2.80 bits per heavy atom. The summed E-state index contributed by atoms with van der Waals surface area (Å²) in [4.78, 5) is 0. The lowest BCUT2D eigenvalue weighted by molar-refractivity contribution is 0.293. The Hall–Kier alpha value is -1.33. The largest absolute Gasteiger partial charge is 0.487 e. The smallest absolute Gasteiger partial charge is 0.131 e. The van der Waals surface area contributed by atoms with Crippen molar-refractivity contribution in [1.82, 2.24) is 9.78 Å². The standard InChI is InChI=1S/C15H20BrN3O/c1-4-13-15(16)14(19(3)18-13)9-20-12-7-5-6-11(8-12)10(2)17/h5-8,10H,4,9,17H2,1-3H3/t10-/m0/s1. The van der Waals surface area contributed by atoms with E-state index >= 15 is 0 Å². The van der Waals surface area contributed by atoms with Crippen LogP contribution in [0, 0.1) is 0 Å². The minimum Gasteiger partial charge on any atom is -0.487 e. The number of aryl methyl sites for hydroxylation is 2. The Morgan fingerprint density at radius 1 is 1.45 bits per heavy atom. The van der Waals surface area contributed by atoms with Gasteiger partial charge in [0.25, 0.3) is 0 Å². The second kappa shape index (κ2) is 6.41. The van der Waals surface area contributed by atoms with E-state index in [2.05, 4.69) is 28.0 Å². The molecule has 0 saturated heterocycles. The molecule has 0 amide bonds. The van der Waals surface area contributed by atoms with Gasteiger partial charge in [-0.3, -0.25) is 4.68 Å². The van der Waals surface area contributed by atoms with Gasteiger partial charge in [0.15, 0.2) is 0 Å². The fourth-order valence-corrected chi connectivity index (χ4v) is 2.75. The van der Waals surface area contributed by atoms with Crippen molar-refractivity contribution >= 4 is 15.9 Å². The minimum absolute atomic E-state index is 0.00804. The quantitative estimate of drug-likeness (QED) is 0.910. The Labute approximate surface area is 128 Å². The first-order valence-electron chi connectivity index (χ1n) is 6.71. The summed E-state index contributed by atoms with van der Waals surface area (Å²) in [5.41, 5.74) is 9.04. The van der Waals surface area contributed by atoms with Crippen molar-refractivity contribution in [3.05, 3.63) is 45.7 Å². The maximum atomic E-state index is 5.88. The van der Waals surface area contributed by atoms with Crippen LogP contribution >= 0.6 is 15.9 Å². The lowest BCUT2D eigenvalue weighted by atomic mass is 10.1. The Bertz CT molecular complexity index is 593.